The van der Waals surface area contributed by atoms with E-state index in [0.29, 0.717) is 0 Å². The van der Waals surface area contributed by atoms with Crippen LogP contribution >= 0.6 is 15.9 Å². The van der Waals surface area contributed by atoms with Crippen LogP contribution in [-0.2, 0) is 0 Å². The number of imidazole rings is 1. The van der Waals surface area contributed by atoms with E-state index in [2.05, 4.69) is 20.9 Å². The van der Waals surface area contributed by atoms with Gasteiger partial charge < -0.3 is 4.74 Å². The van der Waals surface area contributed by atoms with Crippen molar-refractivity contribution in [3.8, 4) is 17.3 Å². The van der Waals surface area contributed by atoms with Crippen LogP contribution in [0, 0.1) is 0 Å². The van der Waals surface area contributed by atoms with Gasteiger partial charge in [0.25, 0.3) is 0 Å². The van der Waals surface area contributed by atoms with Gasteiger partial charge in [-0.2, -0.15) is 0 Å². The Kier molecular flexibility index (Phi) is 2.80. The third-order valence-electron chi connectivity index (χ3n) is 2.81. The lowest BCUT2D eigenvalue weighted by molar-refractivity contribution is 0.393. The van der Waals surface area contributed by atoms with Crippen molar-refractivity contribution in [1.29, 1.82) is 0 Å². The Bertz CT molecular complexity index is 706. The maximum absolute atomic E-state index is 5.39. The average Bonchev–Trinajstić information content (AvgIpc) is 2.82. The van der Waals surface area contributed by atoms with E-state index in [4.69, 9.17) is 4.74 Å². The molecule has 1 aromatic carbocycles. The van der Waals surface area contributed by atoms with Gasteiger partial charge in [-0.1, -0.05) is 34.1 Å². The molecule has 0 N–H and O–H groups in total. The summed E-state index contributed by atoms with van der Waals surface area (Å²) in [6, 6.07) is 14.0. The van der Waals surface area contributed by atoms with Gasteiger partial charge in [-0.3, -0.25) is 4.40 Å². The van der Waals surface area contributed by atoms with E-state index in [-0.39, 0.29) is 0 Å². The van der Waals surface area contributed by atoms with Crippen molar-refractivity contribution < 1.29 is 4.74 Å². The topological polar surface area (TPSA) is 26.5 Å². The van der Waals surface area contributed by atoms with E-state index >= 15 is 0 Å². The van der Waals surface area contributed by atoms with Crippen molar-refractivity contribution in [3.63, 3.8) is 0 Å². The van der Waals surface area contributed by atoms with Crippen molar-refractivity contribution in [1.82, 2.24) is 9.38 Å². The van der Waals surface area contributed by atoms with Gasteiger partial charge in [-0.25, -0.2) is 4.98 Å². The fraction of sp³-hybridized carbons (Fsp3) is 0.0714. The molecule has 0 aliphatic rings. The van der Waals surface area contributed by atoms with Crippen LogP contribution in [0.5, 0.6) is 5.88 Å². The van der Waals surface area contributed by atoms with Gasteiger partial charge >= 0.3 is 0 Å². The predicted molar refractivity (Wildman–Crippen MR) is 74.9 cm³/mol. The fourth-order valence-corrected chi connectivity index (χ4v) is 2.41. The summed E-state index contributed by atoms with van der Waals surface area (Å²) < 4.78 is 8.43. The standard InChI is InChI=1S/C14H11BrN2O/c1-18-13-7-3-6-12-9-16-14(17(12)13)10-4-2-5-11(15)8-10/h2-9H,1H3. The average molecular weight is 303 g/mol. The first-order valence-electron chi connectivity index (χ1n) is 5.56. The minimum atomic E-state index is 0.778. The summed E-state index contributed by atoms with van der Waals surface area (Å²) >= 11 is 3.48. The highest BCUT2D eigenvalue weighted by molar-refractivity contribution is 9.10. The molecule has 3 rings (SSSR count). The first-order valence-corrected chi connectivity index (χ1v) is 6.35. The highest BCUT2D eigenvalue weighted by Gasteiger charge is 2.09. The number of aromatic nitrogens is 2. The zero-order valence-corrected chi connectivity index (χ0v) is 11.4. The molecule has 0 fully saturated rings. The molecule has 0 aliphatic heterocycles. The molecule has 0 saturated carbocycles. The minimum absolute atomic E-state index is 0.778. The zero-order chi connectivity index (χ0) is 12.5. The third kappa shape index (κ3) is 1.78. The van der Waals surface area contributed by atoms with Crippen LogP contribution < -0.4 is 4.74 Å². The first-order chi connectivity index (χ1) is 8.79. The summed E-state index contributed by atoms with van der Waals surface area (Å²) in [6.07, 6.45) is 1.85. The molecule has 2 aromatic heterocycles. The highest BCUT2D eigenvalue weighted by atomic mass is 79.9. The maximum Gasteiger partial charge on any atom is 0.199 e. The molecule has 3 aromatic rings. The number of rotatable bonds is 2. The molecule has 90 valence electrons. The number of pyridine rings is 1. The molecule has 4 heteroatoms. The molecule has 3 nitrogen and oxygen atoms in total. The number of nitrogens with zero attached hydrogens (tertiary/aromatic N) is 2. The van der Waals surface area contributed by atoms with Crippen LogP contribution in [0.4, 0.5) is 0 Å². The lowest BCUT2D eigenvalue weighted by Crippen LogP contribution is -1.95. The molecule has 0 aliphatic carbocycles. The number of methoxy groups -OCH3 is 1. The highest BCUT2D eigenvalue weighted by Crippen LogP contribution is 2.26. The maximum atomic E-state index is 5.39. The van der Waals surface area contributed by atoms with Gasteiger partial charge in [-0.05, 0) is 24.3 Å². The molecule has 0 bridgehead atoms. The van der Waals surface area contributed by atoms with Crippen LogP contribution in [0.15, 0.2) is 53.1 Å². The summed E-state index contributed by atoms with van der Waals surface area (Å²) in [5.74, 6) is 1.66. The van der Waals surface area contributed by atoms with E-state index in [9.17, 15) is 0 Å². The van der Waals surface area contributed by atoms with Gasteiger partial charge in [-0.15, -0.1) is 0 Å². The second kappa shape index (κ2) is 4.46. The van der Waals surface area contributed by atoms with Crippen molar-refractivity contribution in [2.24, 2.45) is 0 Å². The molecule has 0 unspecified atom stereocenters. The van der Waals surface area contributed by atoms with E-state index in [1.54, 1.807) is 7.11 Å². The number of hydrogen-bond donors (Lipinski definition) is 0. The lowest BCUT2D eigenvalue weighted by Gasteiger charge is -2.07. The summed E-state index contributed by atoms with van der Waals surface area (Å²) in [7, 11) is 1.67. The van der Waals surface area contributed by atoms with Crippen LogP contribution in [0.2, 0.25) is 0 Å². The van der Waals surface area contributed by atoms with E-state index in [1.165, 1.54) is 0 Å². The zero-order valence-electron chi connectivity index (χ0n) is 9.80. The molecular formula is C14H11BrN2O. The minimum Gasteiger partial charge on any atom is -0.482 e. The van der Waals surface area contributed by atoms with Crippen molar-refractivity contribution >= 4 is 21.4 Å². The Morgan fingerprint density at radius 3 is 2.78 bits per heavy atom. The summed E-state index contributed by atoms with van der Waals surface area (Å²) in [4.78, 5) is 4.48. The van der Waals surface area contributed by atoms with Crippen molar-refractivity contribution in [3.05, 3.63) is 53.1 Å². The fourth-order valence-electron chi connectivity index (χ4n) is 2.01. The Balaban J connectivity index is 2.30. The summed E-state index contributed by atoms with van der Waals surface area (Å²) in [5.41, 5.74) is 2.07. The van der Waals surface area contributed by atoms with E-state index in [1.807, 2.05) is 53.1 Å². The normalized spacial score (nSPS) is 10.8. The largest absolute Gasteiger partial charge is 0.482 e. The predicted octanol–water partition coefficient (Wildman–Crippen LogP) is 3.77. The number of fused-ring (bicyclic) bond motifs is 1. The number of hydrogen-bond acceptors (Lipinski definition) is 2. The van der Waals surface area contributed by atoms with Gasteiger partial charge in [0.1, 0.15) is 5.82 Å². The second-order valence-corrected chi connectivity index (χ2v) is 4.84. The van der Waals surface area contributed by atoms with Crippen molar-refractivity contribution in [2.75, 3.05) is 7.11 Å². The molecular weight excluding hydrogens is 292 g/mol. The molecule has 18 heavy (non-hydrogen) atoms. The lowest BCUT2D eigenvalue weighted by atomic mass is 10.2. The number of benzene rings is 1. The SMILES string of the molecule is COc1cccc2cnc(-c3cccc(Br)c3)n12. The van der Waals surface area contributed by atoms with Crippen LogP contribution in [0.1, 0.15) is 0 Å². The molecule has 0 amide bonds. The Labute approximate surface area is 113 Å². The molecule has 0 spiro atoms. The van der Waals surface area contributed by atoms with E-state index in [0.717, 1.165) is 27.3 Å². The Hall–Kier alpha value is -1.81. The first kappa shape index (κ1) is 11.3. The molecule has 0 saturated heterocycles. The van der Waals surface area contributed by atoms with Gasteiger partial charge in [0.2, 0.25) is 0 Å². The Morgan fingerprint density at radius 1 is 1.17 bits per heavy atom. The number of halogens is 1. The third-order valence-corrected chi connectivity index (χ3v) is 3.30. The second-order valence-electron chi connectivity index (χ2n) is 3.92. The monoisotopic (exact) mass is 302 g/mol. The van der Waals surface area contributed by atoms with Gasteiger partial charge in [0, 0.05) is 10.0 Å². The number of ether oxygens (including phenoxy) is 1. The quantitative estimate of drug-likeness (QED) is 0.720. The molecule has 0 radical (unpaired) electrons. The van der Waals surface area contributed by atoms with E-state index < -0.39 is 0 Å². The Morgan fingerprint density at radius 2 is 2.00 bits per heavy atom. The van der Waals surface area contributed by atoms with Gasteiger partial charge in [0.15, 0.2) is 5.88 Å². The van der Waals surface area contributed by atoms with Crippen LogP contribution in [0.3, 0.4) is 0 Å². The van der Waals surface area contributed by atoms with Gasteiger partial charge in [0.05, 0.1) is 18.8 Å². The summed E-state index contributed by atoms with van der Waals surface area (Å²) in [6.45, 7) is 0. The smallest absolute Gasteiger partial charge is 0.199 e. The summed E-state index contributed by atoms with van der Waals surface area (Å²) in [5, 5.41) is 0. The van der Waals surface area contributed by atoms with Crippen molar-refractivity contribution in [2.45, 2.75) is 0 Å². The molecule has 2 heterocycles. The van der Waals surface area contributed by atoms with Crippen LogP contribution in [0.25, 0.3) is 16.9 Å². The van der Waals surface area contributed by atoms with Crippen LogP contribution in [-0.4, -0.2) is 16.5 Å². The molecule has 0 atom stereocenters.